The fourth-order valence-corrected chi connectivity index (χ4v) is 3.78. The molecular weight excluding hydrogens is 385 g/mol. The molecule has 0 unspecified atom stereocenters. The molecule has 0 aromatic carbocycles. The van der Waals surface area contributed by atoms with E-state index >= 15 is 0 Å². The van der Waals surface area contributed by atoms with Crippen molar-refractivity contribution in [3.63, 3.8) is 0 Å². The van der Waals surface area contributed by atoms with E-state index < -0.39 is 18.2 Å². The highest BCUT2D eigenvalue weighted by molar-refractivity contribution is 5.57. The second-order valence-electron chi connectivity index (χ2n) is 7.12. The summed E-state index contributed by atoms with van der Waals surface area (Å²) >= 11 is 0. The first-order chi connectivity index (χ1) is 13.7. The molecule has 154 valence electrons. The van der Waals surface area contributed by atoms with Crippen LogP contribution in [-0.4, -0.2) is 51.9 Å². The molecule has 0 saturated carbocycles. The van der Waals surface area contributed by atoms with Gasteiger partial charge in [-0.05, 0) is 25.5 Å². The maximum Gasteiger partial charge on any atom is 0.394 e. The second-order valence-corrected chi connectivity index (χ2v) is 7.12. The van der Waals surface area contributed by atoms with E-state index in [9.17, 15) is 23.2 Å². The molecule has 1 aliphatic heterocycles. The van der Waals surface area contributed by atoms with Crippen LogP contribution in [0.15, 0.2) is 29.3 Å². The van der Waals surface area contributed by atoms with Crippen LogP contribution >= 0.6 is 0 Å². The van der Waals surface area contributed by atoms with Crippen molar-refractivity contribution in [1.82, 2.24) is 20.1 Å². The van der Waals surface area contributed by atoms with Crippen LogP contribution in [0.4, 0.5) is 18.9 Å². The number of aromatic nitrogens is 3. The van der Waals surface area contributed by atoms with Gasteiger partial charge >= 0.3 is 6.18 Å². The zero-order valence-corrected chi connectivity index (χ0v) is 16.1. The highest BCUT2D eigenvalue weighted by atomic mass is 19.4. The first kappa shape index (κ1) is 20.8. The lowest BCUT2D eigenvalue weighted by Gasteiger charge is -2.43. The van der Waals surface area contributed by atoms with Crippen molar-refractivity contribution in [3.8, 4) is 6.07 Å². The van der Waals surface area contributed by atoms with Crippen LogP contribution in [0.5, 0.6) is 0 Å². The van der Waals surface area contributed by atoms with Crippen LogP contribution in [0.25, 0.3) is 0 Å². The number of aromatic amines is 1. The topological polar surface area (TPSA) is 88.9 Å². The normalized spacial score (nSPS) is 19.0. The molecule has 1 aliphatic rings. The number of nitrogens with one attached hydrogen (secondary N) is 1. The van der Waals surface area contributed by atoms with Gasteiger partial charge in [0.05, 0.1) is 24.0 Å². The van der Waals surface area contributed by atoms with Gasteiger partial charge < -0.3 is 4.90 Å². The number of rotatable bonds is 4. The van der Waals surface area contributed by atoms with Crippen LogP contribution in [0.2, 0.25) is 0 Å². The Morgan fingerprint density at radius 1 is 1.41 bits per heavy atom. The molecule has 1 N–H and O–H groups in total. The van der Waals surface area contributed by atoms with E-state index in [1.54, 1.807) is 12.1 Å². The van der Waals surface area contributed by atoms with Crippen LogP contribution in [0, 0.1) is 11.3 Å². The lowest BCUT2D eigenvalue weighted by molar-refractivity contribution is -0.128. The Balaban J connectivity index is 1.80. The molecular formula is C19H21F3N6O. The summed E-state index contributed by atoms with van der Waals surface area (Å²) in [4.78, 5) is 19.8. The summed E-state index contributed by atoms with van der Waals surface area (Å²) < 4.78 is 38.7. The van der Waals surface area contributed by atoms with Gasteiger partial charge in [0, 0.05) is 37.9 Å². The van der Waals surface area contributed by atoms with E-state index in [-0.39, 0.29) is 23.3 Å². The molecule has 0 aliphatic carbocycles. The van der Waals surface area contributed by atoms with Crippen molar-refractivity contribution in [2.24, 2.45) is 0 Å². The van der Waals surface area contributed by atoms with Gasteiger partial charge in [-0.1, -0.05) is 6.07 Å². The third-order valence-corrected chi connectivity index (χ3v) is 5.21. The number of piperazine rings is 1. The van der Waals surface area contributed by atoms with Crippen molar-refractivity contribution < 1.29 is 13.2 Å². The average molecular weight is 406 g/mol. The Bertz CT molecular complexity index is 967. The third kappa shape index (κ3) is 4.56. The fraction of sp³-hybridized carbons (Fsp3) is 0.474. The molecule has 7 nitrogen and oxygen atoms in total. The molecule has 2 aromatic rings. The predicted molar refractivity (Wildman–Crippen MR) is 100 cm³/mol. The zero-order valence-electron chi connectivity index (χ0n) is 16.1. The van der Waals surface area contributed by atoms with E-state index in [4.69, 9.17) is 0 Å². The molecule has 0 amide bonds. The first-order valence-corrected chi connectivity index (χ1v) is 9.20. The number of halogens is 3. The van der Waals surface area contributed by atoms with Gasteiger partial charge in [-0.25, -0.2) is 5.10 Å². The third-order valence-electron chi connectivity index (χ3n) is 5.21. The lowest BCUT2D eigenvalue weighted by Crippen LogP contribution is -2.53. The van der Waals surface area contributed by atoms with Gasteiger partial charge in [-0.3, -0.25) is 14.7 Å². The number of alkyl halides is 3. The molecule has 2 aromatic heterocycles. The van der Waals surface area contributed by atoms with E-state index in [2.05, 4.69) is 20.1 Å². The summed E-state index contributed by atoms with van der Waals surface area (Å²) in [5, 5.41) is 15.3. The summed E-state index contributed by atoms with van der Waals surface area (Å²) in [5.74, 6) is 0. The summed E-state index contributed by atoms with van der Waals surface area (Å²) in [6.07, 6.45) is -2.55. The van der Waals surface area contributed by atoms with Crippen LogP contribution in [-0.2, 0) is 6.42 Å². The molecule has 0 bridgehead atoms. The SMILES string of the molecule is C[C@@H]1CN([C@@H](C)c2cccnc2CC(F)(F)F)CCN1c1cn[nH]c(=O)c1C#N. The molecule has 0 spiro atoms. The zero-order chi connectivity index (χ0) is 21.2. The molecule has 1 saturated heterocycles. The number of pyridine rings is 1. The molecule has 1 fully saturated rings. The van der Waals surface area contributed by atoms with Gasteiger partial charge in [0.2, 0.25) is 0 Å². The van der Waals surface area contributed by atoms with Crippen molar-refractivity contribution >= 4 is 5.69 Å². The number of hydrogen-bond acceptors (Lipinski definition) is 6. The minimum atomic E-state index is -4.32. The Labute approximate surface area is 165 Å². The summed E-state index contributed by atoms with van der Waals surface area (Å²) in [6.45, 7) is 5.44. The quantitative estimate of drug-likeness (QED) is 0.839. The van der Waals surface area contributed by atoms with E-state index in [1.165, 1.54) is 12.4 Å². The van der Waals surface area contributed by atoms with Crippen LogP contribution in [0.3, 0.4) is 0 Å². The number of nitriles is 1. The minimum absolute atomic E-state index is 0.00747. The largest absolute Gasteiger partial charge is 0.394 e. The molecule has 3 heterocycles. The predicted octanol–water partition coefficient (Wildman–Crippen LogP) is 2.41. The molecule has 29 heavy (non-hydrogen) atoms. The Morgan fingerprint density at radius 2 is 2.17 bits per heavy atom. The van der Waals surface area contributed by atoms with Gasteiger partial charge in [-0.15, -0.1) is 0 Å². The minimum Gasteiger partial charge on any atom is -0.364 e. The Hall–Kier alpha value is -2.93. The number of nitrogens with zero attached hydrogens (tertiary/aromatic N) is 5. The van der Waals surface area contributed by atoms with E-state index in [1.807, 2.05) is 24.8 Å². The van der Waals surface area contributed by atoms with Gasteiger partial charge in [0.1, 0.15) is 11.6 Å². The monoisotopic (exact) mass is 406 g/mol. The number of H-pyrrole nitrogens is 1. The maximum atomic E-state index is 12.9. The smallest absolute Gasteiger partial charge is 0.364 e. The first-order valence-electron chi connectivity index (χ1n) is 9.20. The van der Waals surface area contributed by atoms with Crippen molar-refractivity contribution in [3.05, 3.63) is 51.7 Å². The average Bonchev–Trinajstić information content (AvgIpc) is 2.66. The Morgan fingerprint density at radius 3 is 2.83 bits per heavy atom. The van der Waals surface area contributed by atoms with Crippen molar-refractivity contribution in [2.75, 3.05) is 24.5 Å². The highest BCUT2D eigenvalue weighted by Gasteiger charge is 2.33. The number of anilines is 1. The molecule has 10 heteroatoms. The van der Waals surface area contributed by atoms with Crippen LogP contribution < -0.4 is 10.5 Å². The summed E-state index contributed by atoms with van der Waals surface area (Å²) in [7, 11) is 0. The Kier molecular flexibility index (Phi) is 5.88. The molecule has 2 atom stereocenters. The van der Waals surface area contributed by atoms with E-state index in [0.29, 0.717) is 30.9 Å². The number of hydrogen-bond donors (Lipinski definition) is 1. The molecule has 0 radical (unpaired) electrons. The summed E-state index contributed by atoms with van der Waals surface area (Å²) in [6, 6.07) is 4.93. The van der Waals surface area contributed by atoms with Gasteiger partial charge in [-0.2, -0.15) is 23.5 Å². The maximum absolute atomic E-state index is 12.9. The summed E-state index contributed by atoms with van der Waals surface area (Å²) in [5.41, 5.74) is 0.526. The van der Waals surface area contributed by atoms with Crippen molar-refractivity contribution in [2.45, 2.75) is 38.5 Å². The lowest BCUT2D eigenvalue weighted by atomic mass is 10.0. The van der Waals surface area contributed by atoms with Gasteiger partial charge in [0.15, 0.2) is 0 Å². The van der Waals surface area contributed by atoms with Crippen LogP contribution in [0.1, 0.15) is 36.7 Å². The van der Waals surface area contributed by atoms with Crippen molar-refractivity contribution in [1.29, 1.82) is 5.26 Å². The van der Waals surface area contributed by atoms with E-state index in [0.717, 1.165) is 0 Å². The van der Waals surface area contributed by atoms with Gasteiger partial charge in [0.25, 0.3) is 5.56 Å². The molecule has 3 rings (SSSR count). The highest BCUT2D eigenvalue weighted by Crippen LogP contribution is 2.30. The second kappa shape index (κ2) is 8.21. The standard InChI is InChI=1S/C19H21F3N6O/c1-12-11-27(6-7-28(12)17-10-25-26-18(29)15(17)9-23)13(2)14-4-3-5-24-16(14)8-19(20,21)22/h3-5,10,12-13H,6-8,11H2,1-2H3,(H,26,29)/t12-,13+/m1/s1. The fourth-order valence-electron chi connectivity index (χ4n) is 3.78.